The minimum Gasteiger partial charge on any atom is -0.503 e. The second kappa shape index (κ2) is 9.46. The lowest BCUT2D eigenvalue weighted by Gasteiger charge is -2.24. The molecule has 0 aliphatic carbocycles. The fourth-order valence-electron chi connectivity index (χ4n) is 4.76. The molecule has 1 aliphatic heterocycles. The molecule has 1 N–H and O–H groups in total. The molecule has 0 fully saturated rings. The van der Waals surface area contributed by atoms with Crippen LogP contribution in [0.3, 0.4) is 0 Å². The summed E-state index contributed by atoms with van der Waals surface area (Å²) in [5.41, 5.74) is 3.02. The zero-order chi connectivity index (χ0) is 26.4. The summed E-state index contributed by atoms with van der Waals surface area (Å²) in [7, 11) is 0. The Morgan fingerprint density at radius 1 is 1.08 bits per heavy atom. The summed E-state index contributed by atoms with van der Waals surface area (Å²) >= 11 is 1.30. The number of aryl methyl sites for hydroxylation is 1. The number of aliphatic hydroxyl groups excluding tert-OH is 1. The van der Waals surface area contributed by atoms with Gasteiger partial charge in [-0.3, -0.25) is 14.5 Å². The van der Waals surface area contributed by atoms with Crippen LogP contribution in [0.1, 0.15) is 41.6 Å². The van der Waals surface area contributed by atoms with Gasteiger partial charge in [0, 0.05) is 5.39 Å². The van der Waals surface area contributed by atoms with Crippen LogP contribution in [0.25, 0.3) is 21.2 Å². The number of nitrogens with zero attached hydrogens (tertiary/aromatic N) is 2. The lowest BCUT2D eigenvalue weighted by Crippen LogP contribution is -2.31. The van der Waals surface area contributed by atoms with Crippen molar-refractivity contribution < 1.29 is 23.8 Å². The fourth-order valence-corrected chi connectivity index (χ4v) is 5.79. The van der Waals surface area contributed by atoms with Gasteiger partial charge in [0.1, 0.15) is 11.3 Å². The number of carbonyl (C=O) groups is 2. The molecule has 38 heavy (non-hydrogen) atoms. The molecule has 0 bridgehead atoms. The van der Waals surface area contributed by atoms with Gasteiger partial charge < -0.3 is 14.3 Å². The monoisotopic (exact) mass is 524 g/mol. The van der Waals surface area contributed by atoms with Crippen LogP contribution in [0.4, 0.5) is 5.13 Å². The summed E-state index contributed by atoms with van der Waals surface area (Å²) in [6.07, 6.45) is 0.847. The molecule has 0 saturated carbocycles. The summed E-state index contributed by atoms with van der Waals surface area (Å²) in [5.74, 6) is -1.06. The molecule has 5 aromatic rings. The molecule has 3 aromatic carbocycles. The number of benzene rings is 3. The third-order valence-corrected chi connectivity index (χ3v) is 7.69. The Kier molecular flexibility index (Phi) is 5.96. The molecule has 1 amide bonds. The number of fused-ring (bicyclic) bond motifs is 2. The van der Waals surface area contributed by atoms with Crippen LogP contribution in [0, 0.1) is 0 Å². The van der Waals surface area contributed by atoms with E-state index in [0.717, 1.165) is 22.1 Å². The first-order valence-corrected chi connectivity index (χ1v) is 13.2. The van der Waals surface area contributed by atoms with Gasteiger partial charge in [-0.25, -0.2) is 4.98 Å². The van der Waals surface area contributed by atoms with Crippen LogP contribution in [-0.2, 0) is 11.2 Å². The molecule has 0 radical (unpaired) electrons. The summed E-state index contributed by atoms with van der Waals surface area (Å²) in [6, 6.07) is 21.3. The average molecular weight is 525 g/mol. The summed E-state index contributed by atoms with van der Waals surface area (Å²) in [5, 5.41) is 12.2. The van der Waals surface area contributed by atoms with Crippen molar-refractivity contribution in [2.24, 2.45) is 0 Å². The van der Waals surface area contributed by atoms with E-state index in [1.54, 1.807) is 12.1 Å². The number of hydrogen-bond donors (Lipinski definition) is 1. The standard InChI is InChI=1S/C30H24N2O5S/c1-3-17-9-11-18(12-10-17)26-25(27(33)23-15-19-7-5-6-8-22(19)37-23)28(34)29(35)32(26)30-31-21-14-13-20(36-4-2)16-24(21)38-30/h5-16,26,34H,3-4H2,1-2H3. The molecular weight excluding hydrogens is 500 g/mol. The number of furan rings is 1. The van der Waals surface area contributed by atoms with E-state index in [-0.39, 0.29) is 11.3 Å². The summed E-state index contributed by atoms with van der Waals surface area (Å²) in [4.78, 5) is 33.5. The van der Waals surface area contributed by atoms with Crippen molar-refractivity contribution in [2.45, 2.75) is 26.3 Å². The quantitative estimate of drug-likeness (QED) is 0.236. The van der Waals surface area contributed by atoms with Crippen molar-refractivity contribution in [2.75, 3.05) is 11.5 Å². The van der Waals surface area contributed by atoms with Gasteiger partial charge in [0.2, 0.25) is 5.78 Å². The molecule has 1 atom stereocenters. The molecule has 7 nitrogen and oxygen atoms in total. The highest BCUT2D eigenvalue weighted by Gasteiger charge is 2.46. The van der Waals surface area contributed by atoms with Gasteiger partial charge in [-0.15, -0.1) is 0 Å². The van der Waals surface area contributed by atoms with Crippen molar-refractivity contribution in [3.63, 3.8) is 0 Å². The first kappa shape index (κ1) is 23.9. The number of para-hydroxylation sites is 1. The smallest absolute Gasteiger partial charge is 0.296 e. The number of thiazole rings is 1. The number of hydrogen-bond acceptors (Lipinski definition) is 7. The highest BCUT2D eigenvalue weighted by Crippen LogP contribution is 2.45. The van der Waals surface area contributed by atoms with Crippen molar-refractivity contribution in [3.8, 4) is 5.75 Å². The van der Waals surface area contributed by atoms with Crippen molar-refractivity contribution in [3.05, 3.63) is 101 Å². The third kappa shape index (κ3) is 3.94. The Hall–Kier alpha value is -4.43. The van der Waals surface area contributed by atoms with E-state index in [1.165, 1.54) is 16.2 Å². The van der Waals surface area contributed by atoms with Crippen LogP contribution in [0.5, 0.6) is 5.75 Å². The number of carbonyl (C=O) groups excluding carboxylic acids is 2. The SMILES string of the molecule is CCOc1ccc2nc(N3C(=O)C(O)=C(C(=O)c4cc5ccccc5o4)C3c3ccc(CC)cc3)sc2c1. The molecule has 6 rings (SSSR count). The van der Waals surface area contributed by atoms with E-state index in [4.69, 9.17) is 9.15 Å². The van der Waals surface area contributed by atoms with Gasteiger partial charge in [0.25, 0.3) is 5.91 Å². The number of Topliss-reactive ketones (excluding diaryl/α,β-unsaturated/α-hetero) is 1. The maximum Gasteiger partial charge on any atom is 0.296 e. The van der Waals surface area contributed by atoms with E-state index in [1.807, 2.05) is 67.6 Å². The minimum atomic E-state index is -0.874. The predicted octanol–water partition coefficient (Wildman–Crippen LogP) is 6.79. The lowest BCUT2D eigenvalue weighted by atomic mass is 9.94. The van der Waals surface area contributed by atoms with Crippen molar-refractivity contribution in [1.82, 2.24) is 4.98 Å². The van der Waals surface area contributed by atoms with Crippen molar-refractivity contribution in [1.29, 1.82) is 0 Å². The topological polar surface area (TPSA) is 92.9 Å². The molecule has 0 spiro atoms. The Bertz CT molecular complexity index is 1700. The number of ketones is 1. The number of aromatic nitrogens is 1. The van der Waals surface area contributed by atoms with Gasteiger partial charge in [-0.05, 0) is 54.8 Å². The lowest BCUT2D eigenvalue weighted by molar-refractivity contribution is -0.117. The van der Waals surface area contributed by atoms with Crippen LogP contribution in [-0.4, -0.2) is 28.4 Å². The number of rotatable bonds is 7. The second-order valence-corrected chi connectivity index (χ2v) is 9.98. The maximum absolute atomic E-state index is 13.8. The molecule has 1 unspecified atom stereocenters. The Labute approximate surface area is 222 Å². The fraction of sp³-hybridized carbons (Fsp3) is 0.167. The zero-order valence-corrected chi connectivity index (χ0v) is 21.6. The Morgan fingerprint density at radius 2 is 1.87 bits per heavy atom. The highest BCUT2D eigenvalue weighted by atomic mass is 32.1. The third-order valence-electron chi connectivity index (χ3n) is 6.67. The van der Waals surface area contributed by atoms with E-state index in [2.05, 4.69) is 11.9 Å². The van der Waals surface area contributed by atoms with Crippen LogP contribution in [0.2, 0.25) is 0 Å². The van der Waals surface area contributed by atoms with Crippen LogP contribution in [0.15, 0.2) is 88.5 Å². The Morgan fingerprint density at radius 3 is 2.61 bits per heavy atom. The van der Waals surface area contributed by atoms with Gasteiger partial charge in [0.05, 0.1) is 28.4 Å². The first-order chi connectivity index (χ1) is 18.5. The van der Waals surface area contributed by atoms with Gasteiger partial charge in [-0.2, -0.15) is 0 Å². The van der Waals surface area contributed by atoms with Gasteiger partial charge >= 0.3 is 0 Å². The summed E-state index contributed by atoms with van der Waals surface area (Å²) in [6.45, 7) is 4.50. The van der Waals surface area contributed by atoms with E-state index >= 15 is 0 Å². The number of ether oxygens (including phenoxy) is 1. The highest BCUT2D eigenvalue weighted by molar-refractivity contribution is 7.22. The summed E-state index contributed by atoms with van der Waals surface area (Å²) < 4.78 is 12.3. The van der Waals surface area contributed by atoms with Gasteiger partial charge in [0.15, 0.2) is 16.7 Å². The number of anilines is 1. The average Bonchev–Trinajstić information content (AvgIpc) is 3.62. The minimum absolute atomic E-state index is 0.0347. The molecule has 1 aliphatic rings. The van der Waals surface area contributed by atoms with E-state index < -0.39 is 23.5 Å². The first-order valence-electron chi connectivity index (χ1n) is 12.4. The largest absolute Gasteiger partial charge is 0.503 e. The van der Waals surface area contributed by atoms with Crippen LogP contribution >= 0.6 is 11.3 Å². The number of amides is 1. The van der Waals surface area contributed by atoms with E-state index in [0.29, 0.717) is 34.2 Å². The zero-order valence-electron chi connectivity index (χ0n) is 20.8. The molecule has 2 aromatic heterocycles. The van der Waals surface area contributed by atoms with Crippen LogP contribution < -0.4 is 9.64 Å². The maximum atomic E-state index is 13.8. The Balaban J connectivity index is 1.48. The molecule has 3 heterocycles. The van der Waals surface area contributed by atoms with E-state index in [9.17, 15) is 14.7 Å². The molecule has 0 saturated heterocycles. The molecule has 8 heteroatoms. The molecule has 190 valence electrons. The predicted molar refractivity (Wildman–Crippen MR) is 147 cm³/mol. The number of aliphatic hydroxyl groups is 1. The normalized spacial score (nSPS) is 15.7. The second-order valence-electron chi connectivity index (χ2n) is 8.97. The van der Waals surface area contributed by atoms with Crippen molar-refractivity contribution >= 4 is 49.3 Å². The van der Waals surface area contributed by atoms with Gasteiger partial charge in [-0.1, -0.05) is 60.7 Å². The molecular formula is C30H24N2O5S.